The zero-order valence-electron chi connectivity index (χ0n) is 30.9. The van der Waals surface area contributed by atoms with Crippen molar-refractivity contribution in [2.45, 2.75) is 97.4 Å². The highest BCUT2D eigenvalue weighted by Gasteiger charge is 2.46. The zero-order chi connectivity index (χ0) is 37.4. The average molecular weight is 734 g/mol. The fourth-order valence-electron chi connectivity index (χ4n) is 6.30. The first-order valence-corrected chi connectivity index (χ1v) is 20.1. The monoisotopic (exact) mass is 733 g/mol. The van der Waals surface area contributed by atoms with E-state index in [0.29, 0.717) is 11.4 Å². The van der Waals surface area contributed by atoms with Crippen LogP contribution in [0.4, 0.5) is 0 Å². The molecule has 0 saturated carbocycles. The number of esters is 1. The molecule has 0 radical (unpaired) electrons. The molecule has 0 unspecified atom stereocenters. The molecule has 1 fully saturated rings. The molecule has 14 heteroatoms. The number of sulfonamides is 1. The number of amides is 2. The summed E-state index contributed by atoms with van der Waals surface area (Å²) < 4.78 is 31.9. The van der Waals surface area contributed by atoms with Crippen LogP contribution in [-0.4, -0.2) is 97.8 Å². The van der Waals surface area contributed by atoms with Crippen molar-refractivity contribution in [2.75, 3.05) is 33.4 Å². The summed E-state index contributed by atoms with van der Waals surface area (Å²) in [5.74, 6) is -1.61. The van der Waals surface area contributed by atoms with Gasteiger partial charge in [-0.2, -0.15) is 0 Å². The number of rotatable bonds is 19. The molecule has 1 aliphatic heterocycles. The van der Waals surface area contributed by atoms with Gasteiger partial charge in [0.15, 0.2) is 11.9 Å². The van der Waals surface area contributed by atoms with E-state index in [4.69, 9.17) is 4.74 Å². The van der Waals surface area contributed by atoms with Crippen LogP contribution in [0, 0.1) is 17.8 Å². The first kappa shape index (κ1) is 41.2. The fourth-order valence-corrected chi connectivity index (χ4v) is 7.65. The lowest BCUT2D eigenvalue weighted by molar-refractivity contribution is -0.150. The molecule has 2 N–H and O–H groups in total. The van der Waals surface area contributed by atoms with Gasteiger partial charge in [0.1, 0.15) is 10.7 Å². The number of aromatic nitrogens is 1. The minimum absolute atomic E-state index is 0.0118. The standard InChI is InChI=1S/C36H55N5O7S2/c1-10-24(4)28(19-32(43)36(6)16-17-40(36)7)35(45)41(8)30(23(2)3)20-31(48-25(5)42)34-39-29(22-49-34)33(44)38-27(21-37-50(9,46)47)18-26-14-12-11-13-15-26/h11-15,22-24,27-28,30-31,37H,10,16-21H2,1-9H3,(H,38,44)/t24-,27-,28-,30+,31+,36+/m0/s1. The van der Waals surface area contributed by atoms with Crippen molar-refractivity contribution in [3.63, 3.8) is 0 Å². The Morgan fingerprint density at radius 2 is 1.80 bits per heavy atom. The molecule has 0 bridgehead atoms. The lowest BCUT2D eigenvalue weighted by atomic mass is 9.76. The van der Waals surface area contributed by atoms with Crippen LogP contribution < -0.4 is 10.0 Å². The number of hydrogen-bond donors (Lipinski definition) is 2. The van der Waals surface area contributed by atoms with E-state index in [2.05, 4.69) is 15.0 Å². The summed E-state index contributed by atoms with van der Waals surface area (Å²) in [5, 5.41) is 4.87. The van der Waals surface area contributed by atoms with E-state index in [9.17, 15) is 27.6 Å². The maximum absolute atomic E-state index is 14.2. The second-order valence-electron chi connectivity index (χ2n) is 14.2. The lowest BCUT2D eigenvalue weighted by Gasteiger charge is -2.48. The van der Waals surface area contributed by atoms with E-state index in [1.165, 1.54) is 18.3 Å². The Labute approximate surface area is 301 Å². The van der Waals surface area contributed by atoms with Gasteiger partial charge in [0.25, 0.3) is 5.91 Å². The molecular formula is C36H55N5O7S2. The minimum Gasteiger partial charge on any atom is -0.455 e. The number of nitrogens with one attached hydrogen (secondary N) is 2. The van der Waals surface area contributed by atoms with E-state index in [1.54, 1.807) is 17.3 Å². The Bertz CT molecular complexity index is 1580. The zero-order valence-corrected chi connectivity index (χ0v) is 32.5. The number of thiazole rings is 1. The Morgan fingerprint density at radius 1 is 1.14 bits per heavy atom. The van der Waals surface area contributed by atoms with Crippen LogP contribution in [0.1, 0.15) is 94.4 Å². The van der Waals surface area contributed by atoms with Crippen LogP contribution in [0.2, 0.25) is 0 Å². The van der Waals surface area contributed by atoms with Gasteiger partial charge in [0, 0.05) is 63.3 Å². The number of nitrogens with zero attached hydrogens (tertiary/aromatic N) is 3. The summed E-state index contributed by atoms with van der Waals surface area (Å²) in [6.07, 6.45) is 2.53. The summed E-state index contributed by atoms with van der Waals surface area (Å²) in [4.78, 5) is 61.6. The number of likely N-dealkylation sites (tertiary alicyclic amines) is 1. The molecule has 1 saturated heterocycles. The number of Topliss-reactive ketones (excluding diaryl/α,β-unsaturated/α-hetero) is 1. The van der Waals surface area contributed by atoms with Gasteiger partial charge in [-0.15, -0.1) is 11.3 Å². The summed E-state index contributed by atoms with van der Waals surface area (Å²) in [7, 11) is 0.180. The van der Waals surface area contributed by atoms with Crippen LogP contribution in [0.3, 0.4) is 0 Å². The van der Waals surface area contributed by atoms with Gasteiger partial charge in [0.2, 0.25) is 15.9 Å². The molecule has 3 rings (SSSR count). The molecule has 6 atom stereocenters. The first-order chi connectivity index (χ1) is 23.4. The van der Waals surface area contributed by atoms with E-state index < -0.39 is 45.5 Å². The molecule has 0 aliphatic carbocycles. The quantitative estimate of drug-likeness (QED) is 0.202. The van der Waals surface area contributed by atoms with Crippen LogP contribution >= 0.6 is 11.3 Å². The van der Waals surface area contributed by atoms with Gasteiger partial charge in [0.05, 0.1) is 11.8 Å². The largest absolute Gasteiger partial charge is 0.455 e. The third-order valence-corrected chi connectivity index (χ3v) is 11.7. The number of benzene rings is 1. The van der Waals surface area contributed by atoms with E-state index >= 15 is 0 Å². The van der Waals surface area contributed by atoms with Crippen LogP contribution in [0.15, 0.2) is 35.7 Å². The summed E-state index contributed by atoms with van der Waals surface area (Å²) in [6, 6.07) is 8.48. The molecule has 1 aromatic heterocycles. The molecule has 1 aliphatic rings. The average Bonchev–Trinajstić information content (AvgIpc) is 3.56. The van der Waals surface area contributed by atoms with E-state index in [-0.39, 0.29) is 54.6 Å². The van der Waals surface area contributed by atoms with Crippen molar-refractivity contribution in [1.82, 2.24) is 24.8 Å². The van der Waals surface area contributed by atoms with Crippen molar-refractivity contribution >= 4 is 44.9 Å². The van der Waals surface area contributed by atoms with Crippen molar-refractivity contribution in [3.8, 4) is 0 Å². The highest BCUT2D eigenvalue weighted by atomic mass is 32.2. The van der Waals surface area contributed by atoms with E-state index in [1.807, 2.05) is 76.9 Å². The number of likely N-dealkylation sites (N-methyl/N-ethyl adjacent to an activating group) is 1. The molecule has 12 nitrogen and oxygen atoms in total. The van der Waals surface area contributed by atoms with E-state index in [0.717, 1.165) is 31.2 Å². The molecule has 278 valence electrons. The fraction of sp³-hybridized carbons (Fsp3) is 0.639. The third-order valence-electron chi connectivity index (χ3n) is 10.1. The van der Waals surface area contributed by atoms with Gasteiger partial charge in [-0.25, -0.2) is 18.1 Å². The van der Waals surface area contributed by atoms with Gasteiger partial charge >= 0.3 is 5.97 Å². The molecule has 2 amide bonds. The highest BCUT2D eigenvalue weighted by molar-refractivity contribution is 7.88. The van der Waals surface area contributed by atoms with Crippen molar-refractivity contribution in [1.29, 1.82) is 0 Å². The molecule has 0 spiro atoms. The maximum Gasteiger partial charge on any atom is 0.303 e. The SMILES string of the molecule is CC[C@H](C)[C@H](CC(=O)[C@@]1(C)CCN1C)C(=O)N(C)[C@H](C[C@@H](OC(C)=O)c1nc(C(=O)N[C@H](CNS(C)(=O)=O)Cc2ccccc2)cs1)C(C)C. The summed E-state index contributed by atoms with van der Waals surface area (Å²) in [5.41, 5.74) is 0.475. The number of ether oxygens (including phenoxy) is 1. The third kappa shape index (κ3) is 11.1. The molecule has 1 aromatic carbocycles. The topological polar surface area (TPSA) is 155 Å². The number of ketones is 1. The Kier molecular flexibility index (Phi) is 14.7. The number of hydrogen-bond acceptors (Lipinski definition) is 10. The highest BCUT2D eigenvalue weighted by Crippen LogP contribution is 2.35. The second-order valence-corrected chi connectivity index (χ2v) is 16.9. The molecule has 50 heavy (non-hydrogen) atoms. The van der Waals surface area contributed by atoms with Crippen molar-refractivity contribution in [3.05, 3.63) is 52.0 Å². The van der Waals surface area contributed by atoms with Crippen molar-refractivity contribution in [2.24, 2.45) is 17.8 Å². The molecular weight excluding hydrogens is 679 g/mol. The Balaban J connectivity index is 1.81. The molecule has 2 heterocycles. The Hall–Kier alpha value is -3.20. The van der Waals surface area contributed by atoms with Gasteiger partial charge in [-0.05, 0) is 44.2 Å². The number of carbonyl (C=O) groups excluding carboxylic acids is 4. The van der Waals surface area contributed by atoms with Crippen LogP contribution in [-0.2, 0) is 35.6 Å². The van der Waals surface area contributed by atoms with Crippen LogP contribution in [0.5, 0.6) is 0 Å². The van der Waals surface area contributed by atoms with Crippen LogP contribution in [0.25, 0.3) is 0 Å². The normalized spacial score (nSPS) is 19.5. The second kappa shape index (κ2) is 17.8. The Morgan fingerprint density at radius 3 is 2.32 bits per heavy atom. The lowest BCUT2D eigenvalue weighted by Crippen LogP contribution is -2.61. The smallest absolute Gasteiger partial charge is 0.303 e. The van der Waals surface area contributed by atoms with Crippen molar-refractivity contribution < 1.29 is 32.3 Å². The van der Waals surface area contributed by atoms with Gasteiger partial charge in [-0.1, -0.05) is 64.4 Å². The maximum atomic E-state index is 14.2. The van der Waals surface area contributed by atoms with Gasteiger partial charge < -0.3 is 15.0 Å². The summed E-state index contributed by atoms with van der Waals surface area (Å²) >= 11 is 1.17. The first-order valence-electron chi connectivity index (χ1n) is 17.3. The van der Waals surface area contributed by atoms with Gasteiger partial charge in [-0.3, -0.25) is 24.1 Å². The summed E-state index contributed by atoms with van der Waals surface area (Å²) in [6.45, 7) is 12.1. The minimum atomic E-state index is -3.50. The predicted octanol–water partition coefficient (Wildman–Crippen LogP) is 4.23. The predicted molar refractivity (Wildman–Crippen MR) is 195 cm³/mol. The number of carbonyl (C=O) groups is 4. The molecule has 2 aromatic rings.